The summed E-state index contributed by atoms with van der Waals surface area (Å²) in [7, 11) is -2.25. The first kappa shape index (κ1) is 22.9. The van der Waals surface area contributed by atoms with E-state index in [0.29, 0.717) is 29.4 Å². The Kier molecular flexibility index (Phi) is 8.18. The maximum absolute atomic E-state index is 12.4. The molecule has 0 radical (unpaired) electrons. The van der Waals surface area contributed by atoms with Crippen LogP contribution >= 0.6 is 11.8 Å². The van der Waals surface area contributed by atoms with Gasteiger partial charge in [-0.3, -0.25) is 4.79 Å². The Morgan fingerprint density at radius 2 is 1.76 bits per heavy atom. The second-order valence-corrected chi connectivity index (χ2v) is 8.76. The minimum absolute atomic E-state index is 0.105. The summed E-state index contributed by atoms with van der Waals surface area (Å²) in [6, 6.07) is 9.42. The van der Waals surface area contributed by atoms with Crippen LogP contribution in [-0.2, 0) is 19.6 Å². The summed E-state index contributed by atoms with van der Waals surface area (Å²) in [4.78, 5) is 27.8. The van der Waals surface area contributed by atoms with Crippen molar-refractivity contribution in [1.82, 2.24) is 9.29 Å². The van der Waals surface area contributed by atoms with E-state index >= 15 is 0 Å². The standard InChI is InChI=1S/C19H23N3O5S2/c1-4-22(5-2)29(25,26)16-10-11-18(20-12-16)28-13-17(23)21-15-8-6-14(7-9-15)19(24)27-3/h6-12H,4-5,13H2,1-3H3,(H,21,23). The van der Waals surface area contributed by atoms with Gasteiger partial charge in [-0.2, -0.15) is 4.31 Å². The van der Waals surface area contributed by atoms with Gasteiger partial charge < -0.3 is 10.1 Å². The van der Waals surface area contributed by atoms with Crippen LogP contribution in [0.4, 0.5) is 5.69 Å². The predicted molar refractivity (Wildman–Crippen MR) is 111 cm³/mol. The topological polar surface area (TPSA) is 106 Å². The van der Waals surface area contributed by atoms with Crippen LogP contribution in [0, 0.1) is 0 Å². The van der Waals surface area contributed by atoms with E-state index in [-0.39, 0.29) is 16.6 Å². The van der Waals surface area contributed by atoms with Crippen LogP contribution in [0.1, 0.15) is 24.2 Å². The third kappa shape index (κ3) is 6.02. The summed E-state index contributed by atoms with van der Waals surface area (Å²) < 4.78 is 30.9. The molecule has 0 aliphatic carbocycles. The maximum atomic E-state index is 12.4. The van der Waals surface area contributed by atoms with Crippen LogP contribution in [0.3, 0.4) is 0 Å². The maximum Gasteiger partial charge on any atom is 0.337 e. The Labute approximate surface area is 174 Å². The van der Waals surface area contributed by atoms with Crippen molar-refractivity contribution in [2.24, 2.45) is 0 Å². The monoisotopic (exact) mass is 437 g/mol. The molecule has 0 fully saturated rings. The number of pyridine rings is 1. The number of sulfonamides is 1. The zero-order valence-electron chi connectivity index (χ0n) is 16.4. The molecule has 8 nitrogen and oxygen atoms in total. The van der Waals surface area contributed by atoms with Crippen molar-refractivity contribution in [3.8, 4) is 0 Å². The first-order valence-electron chi connectivity index (χ1n) is 8.89. The lowest BCUT2D eigenvalue weighted by molar-refractivity contribution is -0.113. The molecule has 2 aromatic rings. The fourth-order valence-electron chi connectivity index (χ4n) is 2.46. The average molecular weight is 438 g/mol. The number of thioether (sulfide) groups is 1. The van der Waals surface area contributed by atoms with Crippen molar-refractivity contribution in [2.45, 2.75) is 23.8 Å². The summed E-state index contributed by atoms with van der Waals surface area (Å²) in [6.07, 6.45) is 1.30. The van der Waals surface area contributed by atoms with Crippen molar-refractivity contribution >= 4 is 39.3 Å². The number of anilines is 1. The number of esters is 1. The number of nitrogens with zero attached hydrogens (tertiary/aromatic N) is 2. The molecule has 1 heterocycles. The third-order valence-corrected chi connectivity index (χ3v) is 6.97. The molecule has 29 heavy (non-hydrogen) atoms. The van der Waals surface area contributed by atoms with Gasteiger partial charge in [0.05, 0.1) is 23.5 Å². The lowest BCUT2D eigenvalue weighted by atomic mass is 10.2. The number of hydrogen-bond acceptors (Lipinski definition) is 7. The van der Waals surface area contributed by atoms with Crippen LogP contribution in [-0.4, -0.2) is 55.5 Å². The molecule has 1 aromatic carbocycles. The number of aromatic nitrogens is 1. The Morgan fingerprint density at radius 1 is 1.10 bits per heavy atom. The first-order chi connectivity index (χ1) is 13.8. The van der Waals surface area contributed by atoms with Crippen molar-refractivity contribution in [2.75, 3.05) is 31.3 Å². The number of methoxy groups -OCH3 is 1. The minimum Gasteiger partial charge on any atom is -0.465 e. The highest BCUT2D eigenvalue weighted by Gasteiger charge is 2.21. The van der Waals surface area contributed by atoms with Crippen LogP contribution in [0.25, 0.3) is 0 Å². The van der Waals surface area contributed by atoms with Gasteiger partial charge in [-0.1, -0.05) is 25.6 Å². The molecule has 0 saturated heterocycles. The minimum atomic E-state index is -3.55. The molecule has 2 rings (SSSR count). The van der Waals surface area contributed by atoms with Gasteiger partial charge in [-0.05, 0) is 36.4 Å². The van der Waals surface area contributed by atoms with E-state index in [1.54, 1.807) is 44.2 Å². The van der Waals surface area contributed by atoms with Gasteiger partial charge in [0.25, 0.3) is 0 Å². The second kappa shape index (κ2) is 10.4. The Morgan fingerprint density at radius 3 is 2.28 bits per heavy atom. The van der Waals surface area contributed by atoms with Gasteiger partial charge in [-0.25, -0.2) is 18.2 Å². The van der Waals surface area contributed by atoms with Gasteiger partial charge in [0, 0.05) is 25.0 Å². The lowest BCUT2D eigenvalue weighted by Gasteiger charge is -2.18. The molecule has 0 aliphatic rings. The van der Waals surface area contributed by atoms with E-state index in [0.717, 1.165) is 0 Å². The van der Waals surface area contributed by atoms with Crippen LogP contribution < -0.4 is 5.32 Å². The van der Waals surface area contributed by atoms with Crippen molar-refractivity contribution in [3.63, 3.8) is 0 Å². The molecule has 0 aliphatic heterocycles. The van der Waals surface area contributed by atoms with Crippen LogP contribution in [0.15, 0.2) is 52.5 Å². The molecule has 0 atom stereocenters. The molecule has 156 valence electrons. The third-order valence-electron chi connectivity index (χ3n) is 3.99. The summed E-state index contributed by atoms with van der Waals surface area (Å²) in [5.41, 5.74) is 0.945. The Bertz CT molecular complexity index is 941. The van der Waals surface area contributed by atoms with Crippen molar-refractivity contribution in [3.05, 3.63) is 48.2 Å². The van der Waals surface area contributed by atoms with Gasteiger partial charge >= 0.3 is 5.97 Å². The van der Waals surface area contributed by atoms with E-state index in [9.17, 15) is 18.0 Å². The number of hydrogen-bond donors (Lipinski definition) is 1. The number of amides is 1. The van der Waals surface area contributed by atoms with Gasteiger partial charge in [0.1, 0.15) is 4.90 Å². The lowest BCUT2D eigenvalue weighted by Crippen LogP contribution is -2.30. The van der Waals surface area contributed by atoms with Crippen LogP contribution in [0.5, 0.6) is 0 Å². The normalized spacial score (nSPS) is 11.3. The number of carbonyl (C=O) groups is 2. The number of nitrogens with one attached hydrogen (secondary N) is 1. The van der Waals surface area contributed by atoms with E-state index in [4.69, 9.17) is 0 Å². The largest absolute Gasteiger partial charge is 0.465 e. The summed E-state index contributed by atoms with van der Waals surface area (Å²) >= 11 is 1.19. The zero-order valence-corrected chi connectivity index (χ0v) is 18.0. The SMILES string of the molecule is CCN(CC)S(=O)(=O)c1ccc(SCC(=O)Nc2ccc(C(=O)OC)cc2)nc1. The molecule has 0 spiro atoms. The Hall–Kier alpha value is -2.43. The highest BCUT2D eigenvalue weighted by molar-refractivity contribution is 7.99. The molecule has 0 saturated carbocycles. The van der Waals surface area contributed by atoms with E-state index in [1.165, 1.54) is 35.4 Å². The van der Waals surface area contributed by atoms with E-state index in [1.807, 2.05) is 0 Å². The fourth-order valence-corrected chi connectivity index (χ4v) is 4.51. The number of carbonyl (C=O) groups excluding carboxylic acids is 2. The average Bonchev–Trinajstić information content (AvgIpc) is 2.73. The molecule has 1 N–H and O–H groups in total. The second-order valence-electron chi connectivity index (χ2n) is 5.83. The molecular formula is C19H23N3O5S2. The van der Waals surface area contributed by atoms with Crippen LogP contribution in [0.2, 0.25) is 0 Å². The van der Waals surface area contributed by atoms with E-state index in [2.05, 4.69) is 15.0 Å². The summed E-state index contributed by atoms with van der Waals surface area (Å²) in [5.74, 6) is -0.591. The molecule has 0 unspecified atom stereocenters. The predicted octanol–water partition coefficient (Wildman–Crippen LogP) is 2.63. The molecule has 0 bridgehead atoms. The smallest absolute Gasteiger partial charge is 0.337 e. The van der Waals surface area contributed by atoms with Gasteiger partial charge in [-0.15, -0.1) is 0 Å². The number of rotatable bonds is 9. The van der Waals surface area contributed by atoms with Gasteiger partial charge in [0.15, 0.2) is 0 Å². The molecule has 10 heteroatoms. The van der Waals surface area contributed by atoms with Crippen molar-refractivity contribution in [1.29, 1.82) is 0 Å². The zero-order chi connectivity index (χ0) is 21.4. The summed E-state index contributed by atoms with van der Waals surface area (Å²) in [5, 5.41) is 3.26. The quantitative estimate of drug-likeness (QED) is 0.475. The molecule has 1 amide bonds. The highest BCUT2D eigenvalue weighted by Crippen LogP contribution is 2.20. The first-order valence-corrected chi connectivity index (χ1v) is 11.3. The number of benzene rings is 1. The Balaban J connectivity index is 1.93. The fraction of sp³-hybridized carbons (Fsp3) is 0.316. The molecule has 1 aromatic heterocycles. The highest BCUT2D eigenvalue weighted by atomic mass is 32.2. The van der Waals surface area contributed by atoms with Crippen molar-refractivity contribution < 1.29 is 22.7 Å². The number of ether oxygens (including phenoxy) is 1. The van der Waals surface area contributed by atoms with Gasteiger partial charge in [0.2, 0.25) is 15.9 Å². The molecular weight excluding hydrogens is 414 g/mol. The van der Waals surface area contributed by atoms with E-state index < -0.39 is 16.0 Å². The summed E-state index contributed by atoms with van der Waals surface area (Å²) in [6.45, 7) is 4.33.